The predicted molar refractivity (Wildman–Crippen MR) is 124 cm³/mol. The maximum atomic E-state index is 11.6. The Kier molecular flexibility index (Phi) is 5.00. The van der Waals surface area contributed by atoms with Crippen LogP contribution in [0.1, 0.15) is 6.92 Å². The number of carbonyl (C=O) groups excluding carboxylic acids is 1. The van der Waals surface area contributed by atoms with Gasteiger partial charge in [-0.05, 0) is 24.3 Å². The van der Waals surface area contributed by atoms with E-state index in [1.807, 2.05) is 47.5 Å². The van der Waals surface area contributed by atoms with Gasteiger partial charge >= 0.3 is 0 Å². The normalized spacial score (nSPS) is 14.1. The van der Waals surface area contributed by atoms with Crippen molar-refractivity contribution in [2.24, 2.45) is 0 Å². The molecule has 2 aromatic heterocycles. The van der Waals surface area contributed by atoms with Gasteiger partial charge in [-0.2, -0.15) is 0 Å². The maximum Gasteiger partial charge on any atom is 0.227 e. The summed E-state index contributed by atoms with van der Waals surface area (Å²) in [5.74, 6) is 0.686. The highest BCUT2D eigenvalue weighted by atomic mass is 16.2. The van der Waals surface area contributed by atoms with E-state index in [9.17, 15) is 4.79 Å². The van der Waals surface area contributed by atoms with Crippen LogP contribution in [0.2, 0.25) is 0 Å². The molecule has 1 aliphatic heterocycles. The second-order valence-corrected chi connectivity index (χ2v) is 7.65. The van der Waals surface area contributed by atoms with Crippen molar-refractivity contribution in [3.63, 3.8) is 0 Å². The lowest BCUT2D eigenvalue weighted by molar-refractivity contribution is -0.129. The van der Waals surface area contributed by atoms with Crippen molar-refractivity contribution in [1.82, 2.24) is 19.9 Å². The molecule has 7 heteroatoms. The van der Waals surface area contributed by atoms with Gasteiger partial charge < -0.3 is 20.1 Å². The van der Waals surface area contributed by atoms with Gasteiger partial charge in [0.15, 0.2) is 0 Å². The van der Waals surface area contributed by atoms with E-state index in [-0.39, 0.29) is 5.91 Å². The zero-order valence-electron chi connectivity index (χ0n) is 17.4. The van der Waals surface area contributed by atoms with Crippen LogP contribution in [0.5, 0.6) is 0 Å². The molecule has 1 amide bonds. The Hall–Kier alpha value is -3.87. The van der Waals surface area contributed by atoms with Crippen molar-refractivity contribution in [1.29, 1.82) is 0 Å². The molecule has 1 fully saturated rings. The third-order valence-electron chi connectivity index (χ3n) is 5.74. The van der Waals surface area contributed by atoms with Gasteiger partial charge in [0.05, 0.1) is 17.1 Å². The lowest BCUT2D eigenvalue weighted by atomic mass is 10.1. The molecule has 1 saturated heterocycles. The lowest BCUT2D eigenvalue weighted by Crippen LogP contribution is -2.48. The number of anilines is 3. The van der Waals surface area contributed by atoms with Crippen molar-refractivity contribution in [2.75, 3.05) is 36.4 Å². The molecule has 4 aromatic rings. The standard InChI is InChI=1S/C24H24N6O/c1-17(31)29-12-14-30(15-13-29)23-9-5-4-8-22(23)28-24-25-11-10-21(27-24)19-16-26-20-7-3-2-6-18(19)20/h2-11,16,26H,12-15H2,1H3,(H,25,27,28). The van der Waals surface area contributed by atoms with Gasteiger partial charge in [0, 0.05) is 62.0 Å². The fourth-order valence-electron chi connectivity index (χ4n) is 4.09. The molecule has 0 spiro atoms. The number of rotatable bonds is 4. The molecule has 1 aliphatic rings. The Labute approximate surface area is 180 Å². The molecule has 156 valence electrons. The van der Waals surface area contributed by atoms with Crippen LogP contribution in [0.15, 0.2) is 67.0 Å². The Morgan fingerprint density at radius 1 is 1.00 bits per heavy atom. The first-order chi connectivity index (χ1) is 15.2. The molecular formula is C24H24N6O. The van der Waals surface area contributed by atoms with Gasteiger partial charge in [0.2, 0.25) is 11.9 Å². The first-order valence-electron chi connectivity index (χ1n) is 10.4. The highest BCUT2D eigenvalue weighted by Crippen LogP contribution is 2.30. The summed E-state index contributed by atoms with van der Waals surface area (Å²) in [6.45, 7) is 4.69. The predicted octanol–water partition coefficient (Wildman–Crippen LogP) is 4.04. The van der Waals surface area contributed by atoms with E-state index in [0.717, 1.165) is 59.7 Å². The van der Waals surface area contributed by atoms with Crippen molar-refractivity contribution >= 4 is 34.1 Å². The van der Waals surface area contributed by atoms with Gasteiger partial charge in [-0.3, -0.25) is 4.79 Å². The number of carbonyl (C=O) groups is 1. The van der Waals surface area contributed by atoms with Crippen LogP contribution in [-0.2, 0) is 4.79 Å². The number of H-pyrrole nitrogens is 1. The second kappa shape index (κ2) is 8.10. The highest BCUT2D eigenvalue weighted by Gasteiger charge is 2.20. The molecule has 0 aliphatic carbocycles. The van der Waals surface area contributed by atoms with Crippen LogP contribution in [0, 0.1) is 0 Å². The first kappa shape index (κ1) is 19.1. The summed E-state index contributed by atoms with van der Waals surface area (Å²) in [4.78, 5) is 28.3. The molecule has 2 N–H and O–H groups in total. The second-order valence-electron chi connectivity index (χ2n) is 7.65. The van der Waals surface area contributed by atoms with Crippen LogP contribution >= 0.6 is 0 Å². The molecule has 5 rings (SSSR count). The van der Waals surface area contributed by atoms with Gasteiger partial charge in [-0.15, -0.1) is 0 Å². The summed E-state index contributed by atoms with van der Waals surface area (Å²) in [5, 5.41) is 4.53. The number of piperazine rings is 1. The zero-order valence-corrected chi connectivity index (χ0v) is 17.4. The van der Waals surface area contributed by atoms with Gasteiger partial charge in [-0.25, -0.2) is 9.97 Å². The van der Waals surface area contributed by atoms with Gasteiger partial charge in [0.25, 0.3) is 0 Å². The number of nitrogens with one attached hydrogen (secondary N) is 2. The Bertz CT molecular complexity index is 1230. The van der Waals surface area contributed by atoms with E-state index in [0.29, 0.717) is 5.95 Å². The number of para-hydroxylation sites is 3. The van der Waals surface area contributed by atoms with Gasteiger partial charge in [-0.1, -0.05) is 30.3 Å². The molecule has 0 saturated carbocycles. The first-order valence-corrected chi connectivity index (χ1v) is 10.4. The fraction of sp³-hybridized carbons (Fsp3) is 0.208. The summed E-state index contributed by atoms with van der Waals surface area (Å²) in [7, 11) is 0. The number of aromatic amines is 1. The van der Waals surface area contributed by atoms with Crippen molar-refractivity contribution in [3.8, 4) is 11.3 Å². The quantitative estimate of drug-likeness (QED) is 0.529. The molecule has 0 atom stereocenters. The molecule has 31 heavy (non-hydrogen) atoms. The molecule has 2 aromatic carbocycles. The van der Waals surface area contributed by atoms with Crippen LogP contribution in [0.3, 0.4) is 0 Å². The summed E-state index contributed by atoms with van der Waals surface area (Å²) >= 11 is 0. The summed E-state index contributed by atoms with van der Waals surface area (Å²) < 4.78 is 0. The van der Waals surface area contributed by atoms with E-state index in [1.165, 1.54) is 0 Å². The number of hydrogen-bond acceptors (Lipinski definition) is 5. The van der Waals surface area contributed by atoms with Crippen LogP contribution in [0.4, 0.5) is 17.3 Å². The van der Waals surface area contributed by atoms with Gasteiger partial charge in [0.1, 0.15) is 0 Å². The van der Waals surface area contributed by atoms with Crippen molar-refractivity contribution in [2.45, 2.75) is 6.92 Å². The SMILES string of the molecule is CC(=O)N1CCN(c2ccccc2Nc2nccc(-c3c[nH]c4ccccc34)n2)CC1. The molecule has 0 bridgehead atoms. The Morgan fingerprint density at radius 2 is 1.77 bits per heavy atom. The summed E-state index contributed by atoms with van der Waals surface area (Å²) in [6.07, 6.45) is 3.76. The monoisotopic (exact) mass is 412 g/mol. The average Bonchev–Trinajstić information content (AvgIpc) is 3.24. The zero-order chi connectivity index (χ0) is 21.2. The molecular weight excluding hydrogens is 388 g/mol. The van der Waals surface area contributed by atoms with E-state index in [4.69, 9.17) is 4.98 Å². The Morgan fingerprint density at radius 3 is 2.61 bits per heavy atom. The number of nitrogens with zero attached hydrogens (tertiary/aromatic N) is 4. The number of hydrogen-bond donors (Lipinski definition) is 2. The van der Waals surface area contributed by atoms with Crippen LogP contribution in [-0.4, -0.2) is 51.9 Å². The number of aromatic nitrogens is 3. The molecule has 7 nitrogen and oxygen atoms in total. The maximum absolute atomic E-state index is 11.6. The highest BCUT2D eigenvalue weighted by molar-refractivity contribution is 5.94. The van der Waals surface area contributed by atoms with Crippen molar-refractivity contribution < 1.29 is 4.79 Å². The molecule has 0 radical (unpaired) electrons. The Balaban J connectivity index is 1.40. The lowest BCUT2D eigenvalue weighted by Gasteiger charge is -2.36. The van der Waals surface area contributed by atoms with E-state index in [1.54, 1.807) is 13.1 Å². The fourth-order valence-corrected chi connectivity index (χ4v) is 4.09. The summed E-state index contributed by atoms with van der Waals surface area (Å²) in [5.41, 5.74) is 5.04. The minimum absolute atomic E-state index is 0.133. The van der Waals surface area contributed by atoms with E-state index < -0.39 is 0 Å². The third-order valence-corrected chi connectivity index (χ3v) is 5.74. The smallest absolute Gasteiger partial charge is 0.227 e. The van der Waals surface area contributed by atoms with Crippen LogP contribution < -0.4 is 10.2 Å². The third kappa shape index (κ3) is 3.82. The van der Waals surface area contributed by atoms with Crippen LogP contribution in [0.25, 0.3) is 22.2 Å². The van der Waals surface area contributed by atoms with Crippen molar-refractivity contribution in [3.05, 3.63) is 67.0 Å². The molecule has 0 unspecified atom stereocenters. The number of benzene rings is 2. The van der Waals surface area contributed by atoms with E-state index >= 15 is 0 Å². The summed E-state index contributed by atoms with van der Waals surface area (Å²) in [6, 6.07) is 18.3. The minimum atomic E-state index is 0.133. The minimum Gasteiger partial charge on any atom is -0.366 e. The number of fused-ring (bicyclic) bond motifs is 1. The largest absolute Gasteiger partial charge is 0.366 e. The van der Waals surface area contributed by atoms with E-state index in [2.05, 4.69) is 38.4 Å². The number of amides is 1. The topological polar surface area (TPSA) is 77.2 Å². The molecule has 3 heterocycles. The average molecular weight is 412 g/mol.